The Morgan fingerprint density at radius 3 is 2.59 bits per heavy atom. The van der Waals surface area contributed by atoms with E-state index in [1.54, 1.807) is 26.1 Å². The van der Waals surface area contributed by atoms with Gasteiger partial charge >= 0.3 is 0 Å². The minimum atomic E-state index is 0.140. The first-order valence-electron chi connectivity index (χ1n) is 5.01. The second-order valence-electron chi connectivity index (χ2n) is 3.47. The van der Waals surface area contributed by atoms with E-state index in [9.17, 15) is 5.11 Å². The topological polar surface area (TPSA) is 65.3 Å². The van der Waals surface area contributed by atoms with E-state index in [2.05, 4.69) is 5.32 Å². The second kappa shape index (κ2) is 5.59. The summed E-state index contributed by atoms with van der Waals surface area (Å²) < 4.78 is 5.00. The molecule has 0 aromatic heterocycles. The van der Waals surface area contributed by atoms with E-state index in [0.29, 0.717) is 17.0 Å². The Morgan fingerprint density at radius 2 is 2.12 bits per heavy atom. The number of halogens is 1. The molecule has 0 saturated heterocycles. The standard InChI is InChI=1S/C12H15ClN2O2/c1-7-6-8(4-5-9(7)16)11(14)10(13)12(15-2)17-3/h4-6,14-16H,1-3H3/b12-10-,14-11?. The molecule has 0 radical (unpaired) electrons. The second-order valence-corrected chi connectivity index (χ2v) is 3.85. The molecule has 0 aliphatic heterocycles. The van der Waals surface area contributed by atoms with Gasteiger partial charge in [-0.25, -0.2) is 0 Å². The maximum Gasteiger partial charge on any atom is 0.207 e. The molecule has 1 rings (SSSR count). The SMILES string of the molecule is CN/C(OC)=C(/Cl)C(=N)c1ccc(O)c(C)c1. The number of methoxy groups -OCH3 is 1. The highest BCUT2D eigenvalue weighted by Gasteiger charge is 2.12. The van der Waals surface area contributed by atoms with Crippen LogP contribution in [0.25, 0.3) is 0 Å². The van der Waals surface area contributed by atoms with Gasteiger partial charge in [0.25, 0.3) is 0 Å². The number of benzene rings is 1. The normalized spacial score (nSPS) is 11.8. The van der Waals surface area contributed by atoms with Crippen LogP contribution < -0.4 is 5.32 Å². The van der Waals surface area contributed by atoms with Crippen LogP contribution in [0.5, 0.6) is 5.75 Å². The third-order valence-corrected chi connectivity index (χ3v) is 2.70. The molecule has 0 bridgehead atoms. The lowest BCUT2D eigenvalue weighted by Gasteiger charge is -2.10. The van der Waals surface area contributed by atoms with Crippen molar-refractivity contribution in [3.8, 4) is 5.75 Å². The molecule has 0 unspecified atom stereocenters. The number of phenolic OH excluding ortho intramolecular Hbond substituents is 1. The molecule has 0 heterocycles. The van der Waals surface area contributed by atoms with Crippen molar-refractivity contribution in [3.63, 3.8) is 0 Å². The van der Waals surface area contributed by atoms with Crippen LogP contribution in [0, 0.1) is 12.3 Å². The molecule has 0 aliphatic rings. The Morgan fingerprint density at radius 1 is 1.47 bits per heavy atom. The first-order chi connectivity index (χ1) is 8.01. The van der Waals surface area contributed by atoms with E-state index in [1.807, 2.05) is 0 Å². The highest BCUT2D eigenvalue weighted by molar-refractivity contribution is 6.46. The summed E-state index contributed by atoms with van der Waals surface area (Å²) in [7, 11) is 3.14. The van der Waals surface area contributed by atoms with Gasteiger partial charge in [0.1, 0.15) is 10.8 Å². The number of rotatable bonds is 4. The molecule has 0 atom stereocenters. The Bertz CT molecular complexity index is 464. The van der Waals surface area contributed by atoms with Gasteiger partial charge in [-0.15, -0.1) is 0 Å². The van der Waals surface area contributed by atoms with E-state index < -0.39 is 0 Å². The highest BCUT2D eigenvalue weighted by atomic mass is 35.5. The van der Waals surface area contributed by atoms with Crippen LogP contribution in [-0.2, 0) is 4.74 Å². The van der Waals surface area contributed by atoms with Crippen LogP contribution in [0.3, 0.4) is 0 Å². The quantitative estimate of drug-likeness (QED) is 0.571. The smallest absolute Gasteiger partial charge is 0.207 e. The molecule has 1 aromatic carbocycles. The zero-order chi connectivity index (χ0) is 13.0. The lowest BCUT2D eigenvalue weighted by Crippen LogP contribution is -2.13. The number of nitrogens with one attached hydrogen (secondary N) is 2. The minimum absolute atomic E-state index is 0.140. The molecule has 0 spiro atoms. The van der Waals surface area contributed by atoms with Gasteiger partial charge in [-0.3, -0.25) is 5.41 Å². The third-order valence-electron chi connectivity index (χ3n) is 2.34. The molecule has 3 N–H and O–H groups in total. The molecular formula is C12H15ClN2O2. The lowest BCUT2D eigenvalue weighted by atomic mass is 10.1. The summed E-state index contributed by atoms with van der Waals surface area (Å²) in [5.41, 5.74) is 1.45. The van der Waals surface area contributed by atoms with Crippen LogP contribution >= 0.6 is 11.6 Å². The van der Waals surface area contributed by atoms with E-state index >= 15 is 0 Å². The van der Waals surface area contributed by atoms with E-state index in [4.69, 9.17) is 21.7 Å². The van der Waals surface area contributed by atoms with Crippen molar-refractivity contribution in [2.45, 2.75) is 6.92 Å². The molecule has 17 heavy (non-hydrogen) atoms. The fourth-order valence-electron chi connectivity index (χ4n) is 1.35. The molecule has 1 aromatic rings. The summed E-state index contributed by atoms with van der Waals surface area (Å²) in [6, 6.07) is 4.87. The van der Waals surface area contributed by atoms with Gasteiger partial charge in [0.05, 0.1) is 12.8 Å². The molecular weight excluding hydrogens is 240 g/mol. The van der Waals surface area contributed by atoms with E-state index in [-0.39, 0.29) is 16.5 Å². The number of phenols is 1. The first-order valence-corrected chi connectivity index (χ1v) is 5.39. The van der Waals surface area contributed by atoms with Crippen molar-refractivity contribution in [2.75, 3.05) is 14.2 Å². The van der Waals surface area contributed by atoms with Crippen LogP contribution in [0.4, 0.5) is 0 Å². The third kappa shape index (κ3) is 2.91. The first kappa shape index (κ1) is 13.4. The summed E-state index contributed by atoms with van der Waals surface area (Å²) in [5.74, 6) is 0.532. The van der Waals surface area contributed by atoms with Gasteiger partial charge in [0.2, 0.25) is 5.88 Å². The van der Waals surface area contributed by atoms with Crippen LogP contribution in [0.2, 0.25) is 0 Å². The molecule has 0 amide bonds. The molecule has 4 nitrogen and oxygen atoms in total. The maximum absolute atomic E-state index is 9.41. The molecule has 0 aliphatic carbocycles. The van der Waals surface area contributed by atoms with Gasteiger partial charge in [-0.05, 0) is 30.7 Å². The Hall–Kier alpha value is -1.68. The number of aromatic hydroxyl groups is 1. The van der Waals surface area contributed by atoms with Crippen LogP contribution in [0.1, 0.15) is 11.1 Å². The average molecular weight is 255 g/mol. The average Bonchev–Trinajstić information content (AvgIpc) is 2.33. The Kier molecular flexibility index (Phi) is 4.40. The Labute approximate surface area is 105 Å². The number of aryl methyl sites for hydroxylation is 1. The summed E-state index contributed by atoms with van der Waals surface area (Å²) in [6.07, 6.45) is 0. The minimum Gasteiger partial charge on any atom is -0.508 e. The fourth-order valence-corrected chi connectivity index (χ4v) is 1.63. The molecule has 0 saturated carbocycles. The molecule has 0 fully saturated rings. The Balaban J connectivity index is 3.12. The van der Waals surface area contributed by atoms with Crippen molar-refractivity contribution in [1.82, 2.24) is 5.32 Å². The van der Waals surface area contributed by atoms with Crippen molar-refractivity contribution in [3.05, 3.63) is 40.2 Å². The lowest BCUT2D eigenvalue weighted by molar-refractivity contribution is 0.267. The monoisotopic (exact) mass is 254 g/mol. The van der Waals surface area contributed by atoms with E-state index in [0.717, 1.165) is 0 Å². The van der Waals surface area contributed by atoms with Crippen LogP contribution in [-0.4, -0.2) is 25.0 Å². The van der Waals surface area contributed by atoms with Gasteiger partial charge in [-0.1, -0.05) is 11.6 Å². The predicted molar refractivity (Wildman–Crippen MR) is 68.6 cm³/mol. The maximum atomic E-state index is 9.41. The summed E-state index contributed by atoms with van der Waals surface area (Å²) in [4.78, 5) is 0. The van der Waals surface area contributed by atoms with Crippen molar-refractivity contribution in [2.24, 2.45) is 0 Å². The van der Waals surface area contributed by atoms with Gasteiger partial charge in [-0.2, -0.15) is 0 Å². The zero-order valence-corrected chi connectivity index (χ0v) is 10.7. The number of ether oxygens (including phenoxy) is 1. The summed E-state index contributed by atoms with van der Waals surface area (Å²) in [6.45, 7) is 1.76. The van der Waals surface area contributed by atoms with E-state index in [1.165, 1.54) is 13.2 Å². The number of hydrogen-bond donors (Lipinski definition) is 3. The summed E-state index contributed by atoms with van der Waals surface area (Å²) >= 11 is 6.03. The number of hydrogen-bond acceptors (Lipinski definition) is 4. The zero-order valence-electron chi connectivity index (χ0n) is 9.97. The van der Waals surface area contributed by atoms with Gasteiger partial charge < -0.3 is 15.2 Å². The summed E-state index contributed by atoms with van der Waals surface area (Å²) in [5, 5.41) is 20.3. The van der Waals surface area contributed by atoms with Crippen LogP contribution in [0.15, 0.2) is 29.1 Å². The predicted octanol–water partition coefficient (Wildman–Crippen LogP) is 2.34. The van der Waals surface area contributed by atoms with Crippen molar-refractivity contribution < 1.29 is 9.84 Å². The van der Waals surface area contributed by atoms with Gasteiger partial charge in [0.15, 0.2) is 0 Å². The van der Waals surface area contributed by atoms with Crippen molar-refractivity contribution in [1.29, 1.82) is 5.41 Å². The number of allylic oxidation sites excluding steroid dienone is 1. The van der Waals surface area contributed by atoms with Gasteiger partial charge in [0, 0.05) is 12.6 Å². The highest BCUT2D eigenvalue weighted by Crippen LogP contribution is 2.21. The largest absolute Gasteiger partial charge is 0.508 e. The molecule has 92 valence electrons. The molecule has 5 heteroatoms. The van der Waals surface area contributed by atoms with Crippen molar-refractivity contribution >= 4 is 17.3 Å². The fraction of sp³-hybridized carbons (Fsp3) is 0.250.